The van der Waals surface area contributed by atoms with Crippen LogP contribution < -0.4 is 0 Å². The Kier molecular flexibility index (Phi) is 4.18. The minimum Gasteiger partial charge on any atom is -0.393 e. The van der Waals surface area contributed by atoms with E-state index in [0.29, 0.717) is 0 Å². The molecule has 1 aliphatic rings. The van der Waals surface area contributed by atoms with E-state index in [4.69, 9.17) is 5.11 Å². The lowest BCUT2D eigenvalue weighted by atomic mass is 10.2. The molecule has 4 heteroatoms. The van der Waals surface area contributed by atoms with Crippen molar-refractivity contribution >= 4 is 10.8 Å². The zero-order valence-corrected chi connectivity index (χ0v) is 8.35. The van der Waals surface area contributed by atoms with Gasteiger partial charge in [0, 0.05) is 41.9 Å². The smallest absolute Gasteiger partial charge is 0.0524 e. The van der Waals surface area contributed by atoms with Gasteiger partial charge in [0.1, 0.15) is 0 Å². The number of nitrogens with zero attached hydrogens (tertiary/aromatic N) is 1. The first-order valence-electron chi connectivity index (χ1n) is 4.44. The molecule has 12 heavy (non-hydrogen) atoms. The van der Waals surface area contributed by atoms with Crippen molar-refractivity contribution in [1.82, 2.24) is 4.90 Å². The fourth-order valence-corrected chi connectivity index (χ4v) is 2.40. The predicted molar refractivity (Wildman–Crippen MR) is 50.6 cm³/mol. The van der Waals surface area contributed by atoms with Crippen LogP contribution in [0.1, 0.15) is 13.3 Å². The Morgan fingerprint density at radius 3 is 2.58 bits per heavy atom. The second-order valence-electron chi connectivity index (χ2n) is 3.33. The summed E-state index contributed by atoms with van der Waals surface area (Å²) in [7, 11) is -0.579. The van der Waals surface area contributed by atoms with E-state index in [1.807, 2.05) is 6.92 Å². The molecule has 0 aromatic rings. The van der Waals surface area contributed by atoms with Gasteiger partial charge in [0.05, 0.1) is 6.10 Å². The van der Waals surface area contributed by atoms with Gasteiger partial charge in [-0.25, -0.2) is 0 Å². The van der Waals surface area contributed by atoms with Crippen molar-refractivity contribution in [3.8, 4) is 0 Å². The Hall–Kier alpha value is 0.0700. The van der Waals surface area contributed by atoms with E-state index >= 15 is 0 Å². The zero-order valence-electron chi connectivity index (χ0n) is 7.53. The van der Waals surface area contributed by atoms with Crippen molar-refractivity contribution in [2.45, 2.75) is 19.4 Å². The summed E-state index contributed by atoms with van der Waals surface area (Å²) in [4.78, 5) is 2.27. The van der Waals surface area contributed by atoms with Crippen LogP contribution >= 0.6 is 0 Å². The van der Waals surface area contributed by atoms with Gasteiger partial charge in [-0.15, -0.1) is 0 Å². The minimum atomic E-state index is -0.579. The zero-order chi connectivity index (χ0) is 8.97. The van der Waals surface area contributed by atoms with Crippen LogP contribution in [0.15, 0.2) is 0 Å². The second kappa shape index (κ2) is 4.94. The van der Waals surface area contributed by atoms with Crippen molar-refractivity contribution in [2.24, 2.45) is 0 Å². The highest BCUT2D eigenvalue weighted by Gasteiger charge is 2.14. The lowest BCUT2D eigenvalue weighted by Gasteiger charge is -2.26. The molecule has 0 spiro atoms. The first-order valence-corrected chi connectivity index (χ1v) is 5.92. The van der Waals surface area contributed by atoms with Gasteiger partial charge in [-0.2, -0.15) is 0 Å². The van der Waals surface area contributed by atoms with Gasteiger partial charge in [-0.05, 0) is 13.3 Å². The summed E-state index contributed by atoms with van der Waals surface area (Å²) in [6.07, 6.45) is 0.615. The molecule has 0 amide bonds. The monoisotopic (exact) mass is 191 g/mol. The van der Waals surface area contributed by atoms with E-state index in [2.05, 4.69) is 4.90 Å². The van der Waals surface area contributed by atoms with Gasteiger partial charge >= 0.3 is 0 Å². The van der Waals surface area contributed by atoms with E-state index in [0.717, 1.165) is 37.6 Å². The highest BCUT2D eigenvalue weighted by Crippen LogP contribution is 2.02. The molecule has 0 aromatic carbocycles. The first-order chi connectivity index (χ1) is 5.68. The summed E-state index contributed by atoms with van der Waals surface area (Å²) < 4.78 is 11.0. The van der Waals surface area contributed by atoms with Crippen LogP contribution in [0.25, 0.3) is 0 Å². The van der Waals surface area contributed by atoms with Crippen LogP contribution in [0, 0.1) is 0 Å². The molecular weight excluding hydrogens is 174 g/mol. The quantitative estimate of drug-likeness (QED) is 0.673. The lowest BCUT2D eigenvalue weighted by molar-refractivity contribution is 0.159. The number of rotatable bonds is 3. The maximum atomic E-state index is 11.0. The summed E-state index contributed by atoms with van der Waals surface area (Å²) in [6, 6.07) is 0. The fourth-order valence-electron chi connectivity index (χ4n) is 1.27. The third-order valence-electron chi connectivity index (χ3n) is 2.13. The van der Waals surface area contributed by atoms with Gasteiger partial charge in [0.15, 0.2) is 0 Å². The molecule has 1 fully saturated rings. The van der Waals surface area contributed by atoms with Crippen LogP contribution in [-0.2, 0) is 10.8 Å². The molecule has 1 atom stereocenters. The molecule has 0 saturated carbocycles. The molecule has 1 unspecified atom stereocenters. The van der Waals surface area contributed by atoms with Crippen molar-refractivity contribution in [2.75, 3.05) is 31.1 Å². The Morgan fingerprint density at radius 1 is 1.50 bits per heavy atom. The SMILES string of the molecule is CC(O)CCN1CCS(=O)CC1. The third kappa shape index (κ3) is 3.65. The molecule has 72 valence electrons. The summed E-state index contributed by atoms with van der Waals surface area (Å²) in [6.45, 7) is 4.61. The molecular formula is C8H17NO2S. The van der Waals surface area contributed by atoms with E-state index < -0.39 is 10.8 Å². The van der Waals surface area contributed by atoms with Crippen molar-refractivity contribution in [3.63, 3.8) is 0 Å². The van der Waals surface area contributed by atoms with Crippen LogP contribution in [0.5, 0.6) is 0 Å². The van der Waals surface area contributed by atoms with Gasteiger partial charge in [-0.3, -0.25) is 4.21 Å². The number of hydrogen-bond donors (Lipinski definition) is 1. The Morgan fingerprint density at radius 2 is 2.08 bits per heavy atom. The maximum Gasteiger partial charge on any atom is 0.0524 e. The van der Waals surface area contributed by atoms with E-state index in [9.17, 15) is 4.21 Å². The van der Waals surface area contributed by atoms with Gasteiger partial charge in [0.25, 0.3) is 0 Å². The molecule has 1 heterocycles. The highest BCUT2D eigenvalue weighted by molar-refractivity contribution is 7.85. The van der Waals surface area contributed by atoms with Crippen LogP contribution in [0.3, 0.4) is 0 Å². The number of aliphatic hydroxyl groups is 1. The lowest BCUT2D eigenvalue weighted by Crippen LogP contribution is -2.38. The summed E-state index contributed by atoms with van der Waals surface area (Å²) >= 11 is 0. The number of aliphatic hydroxyl groups excluding tert-OH is 1. The van der Waals surface area contributed by atoms with E-state index in [1.165, 1.54) is 0 Å². The van der Waals surface area contributed by atoms with Crippen molar-refractivity contribution < 1.29 is 9.32 Å². The summed E-state index contributed by atoms with van der Waals surface area (Å²) in [5, 5.41) is 9.05. The standard InChI is InChI=1S/C8H17NO2S/c1-8(10)2-3-9-4-6-12(11)7-5-9/h8,10H,2-7H2,1H3. The maximum absolute atomic E-state index is 11.0. The van der Waals surface area contributed by atoms with Crippen LogP contribution in [0.2, 0.25) is 0 Å². The van der Waals surface area contributed by atoms with Gasteiger partial charge < -0.3 is 10.0 Å². The van der Waals surface area contributed by atoms with Crippen LogP contribution in [-0.4, -0.2) is 51.5 Å². The number of hydrogen-bond acceptors (Lipinski definition) is 3. The largest absolute Gasteiger partial charge is 0.393 e. The average molecular weight is 191 g/mol. The predicted octanol–water partition coefficient (Wildman–Crippen LogP) is -0.178. The summed E-state index contributed by atoms with van der Waals surface area (Å²) in [5.41, 5.74) is 0. The summed E-state index contributed by atoms with van der Waals surface area (Å²) in [5.74, 6) is 1.61. The third-order valence-corrected chi connectivity index (χ3v) is 3.41. The van der Waals surface area contributed by atoms with E-state index in [1.54, 1.807) is 0 Å². The highest BCUT2D eigenvalue weighted by atomic mass is 32.2. The Bertz CT molecular complexity index is 151. The molecule has 0 aromatic heterocycles. The van der Waals surface area contributed by atoms with E-state index in [-0.39, 0.29) is 6.10 Å². The van der Waals surface area contributed by atoms with Gasteiger partial charge in [-0.1, -0.05) is 0 Å². The first kappa shape index (κ1) is 10.2. The Balaban J connectivity index is 2.13. The molecule has 1 saturated heterocycles. The minimum absolute atomic E-state index is 0.211. The Labute approximate surface area is 76.2 Å². The molecule has 1 N–H and O–H groups in total. The average Bonchev–Trinajstić information content (AvgIpc) is 2.03. The molecule has 1 rings (SSSR count). The normalized spacial score (nSPS) is 24.2. The van der Waals surface area contributed by atoms with Crippen molar-refractivity contribution in [3.05, 3.63) is 0 Å². The topological polar surface area (TPSA) is 40.5 Å². The molecule has 0 bridgehead atoms. The molecule has 1 aliphatic heterocycles. The molecule has 0 aliphatic carbocycles. The van der Waals surface area contributed by atoms with Crippen LogP contribution in [0.4, 0.5) is 0 Å². The second-order valence-corrected chi connectivity index (χ2v) is 5.02. The fraction of sp³-hybridized carbons (Fsp3) is 1.00. The molecule has 3 nitrogen and oxygen atoms in total. The molecule has 0 radical (unpaired) electrons. The van der Waals surface area contributed by atoms with Crippen molar-refractivity contribution in [1.29, 1.82) is 0 Å². The van der Waals surface area contributed by atoms with Gasteiger partial charge in [0.2, 0.25) is 0 Å².